The van der Waals surface area contributed by atoms with Crippen LogP contribution >= 0.6 is 0 Å². The van der Waals surface area contributed by atoms with Crippen LogP contribution < -0.4 is 5.32 Å². The van der Waals surface area contributed by atoms with E-state index in [1.54, 1.807) is 6.92 Å². The molecular weight excluding hydrogens is 330 g/mol. The molecule has 1 N–H and O–H groups in total. The summed E-state index contributed by atoms with van der Waals surface area (Å²) >= 11 is 0. The predicted molar refractivity (Wildman–Crippen MR) is 121 cm³/mol. The normalized spacial score (nSPS) is 12.8. The van der Waals surface area contributed by atoms with Crippen LogP contribution in [0.4, 0.5) is 0 Å². The Labute approximate surface area is 171 Å². The average molecular weight is 380 g/mol. The second-order valence-corrected chi connectivity index (χ2v) is 9.22. The molecule has 0 fully saturated rings. The van der Waals surface area contributed by atoms with Crippen LogP contribution in [-0.2, 0) is 4.79 Å². The van der Waals surface area contributed by atoms with Gasteiger partial charge in [-0.3, -0.25) is 4.79 Å². The first-order valence-electron chi connectivity index (χ1n) is 11.8. The van der Waals surface area contributed by atoms with Gasteiger partial charge in [0.15, 0.2) is 0 Å². The zero-order valence-electron chi connectivity index (χ0n) is 19.3. The van der Waals surface area contributed by atoms with Crippen LogP contribution in [0, 0.1) is 5.41 Å². The van der Waals surface area contributed by atoms with Gasteiger partial charge in [-0.2, -0.15) is 0 Å². The fourth-order valence-electron chi connectivity index (χ4n) is 3.95. The lowest BCUT2D eigenvalue weighted by molar-refractivity contribution is -0.119. The number of carbonyl (C=O) groups is 1. The average Bonchev–Trinajstić information content (AvgIpc) is 2.61. The van der Waals surface area contributed by atoms with E-state index >= 15 is 0 Å². The van der Waals surface area contributed by atoms with Crippen molar-refractivity contribution in [2.75, 3.05) is 0 Å². The van der Waals surface area contributed by atoms with Gasteiger partial charge in [0.2, 0.25) is 5.91 Å². The van der Waals surface area contributed by atoms with Crippen molar-refractivity contribution in [3.05, 3.63) is 12.2 Å². The minimum absolute atomic E-state index is 0.0168. The van der Waals surface area contributed by atoms with Crippen LogP contribution in [0.5, 0.6) is 0 Å². The Morgan fingerprint density at radius 3 is 1.67 bits per heavy atom. The van der Waals surface area contributed by atoms with Gasteiger partial charge >= 0.3 is 0 Å². The molecule has 160 valence electrons. The highest BCUT2D eigenvalue weighted by molar-refractivity contribution is 5.92. The highest BCUT2D eigenvalue weighted by Crippen LogP contribution is 2.30. The van der Waals surface area contributed by atoms with Gasteiger partial charge < -0.3 is 5.32 Å². The molecule has 0 aromatic carbocycles. The first-order valence-corrected chi connectivity index (χ1v) is 11.8. The fraction of sp³-hybridized carbons (Fsp3) is 0.880. The highest BCUT2D eigenvalue weighted by Gasteiger charge is 2.29. The zero-order valence-corrected chi connectivity index (χ0v) is 19.3. The van der Waals surface area contributed by atoms with Gasteiger partial charge in [0.1, 0.15) is 0 Å². The van der Waals surface area contributed by atoms with Gasteiger partial charge in [0.25, 0.3) is 0 Å². The van der Waals surface area contributed by atoms with Crippen molar-refractivity contribution in [3.63, 3.8) is 0 Å². The van der Waals surface area contributed by atoms with E-state index < -0.39 is 0 Å². The van der Waals surface area contributed by atoms with Crippen LogP contribution in [0.2, 0.25) is 0 Å². The minimum Gasteiger partial charge on any atom is -0.349 e. The third-order valence-corrected chi connectivity index (χ3v) is 5.88. The van der Waals surface area contributed by atoms with Crippen molar-refractivity contribution in [2.24, 2.45) is 5.41 Å². The van der Waals surface area contributed by atoms with Gasteiger partial charge in [0, 0.05) is 11.6 Å². The van der Waals surface area contributed by atoms with Crippen LogP contribution in [0.25, 0.3) is 0 Å². The molecule has 0 aliphatic rings. The van der Waals surface area contributed by atoms with Gasteiger partial charge in [-0.1, -0.05) is 118 Å². The maximum atomic E-state index is 12.1. The van der Waals surface area contributed by atoms with Gasteiger partial charge in [-0.15, -0.1) is 0 Å². The number of unbranched alkanes of at least 4 members (excludes halogenated alkanes) is 11. The molecule has 1 atom stereocenters. The molecule has 0 bridgehead atoms. The molecule has 0 spiro atoms. The SMILES string of the molecule is C=C(C)C(=O)NC(CCCCCCCCCCCCCC)C(C)(C)CCC. The first kappa shape index (κ1) is 26.2. The highest BCUT2D eigenvalue weighted by atomic mass is 16.1. The fourth-order valence-corrected chi connectivity index (χ4v) is 3.95. The lowest BCUT2D eigenvalue weighted by Gasteiger charge is -2.35. The monoisotopic (exact) mass is 379 g/mol. The van der Waals surface area contributed by atoms with Crippen LogP contribution in [0.3, 0.4) is 0 Å². The van der Waals surface area contributed by atoms with E-state index in [4.69, 9.17) is 0 Å². The Morgan fingerprint density at radius 2 is 1.26 bits per heavy atom. The summed E-state index contributed by atoms with van der Waals surface area (Å²) in [6.45, 7) is 14.7. The molecule has 0 radical (unpaired) electrons. The summed E-state index contributed by atoms with van der Waals surface area (Å²) in [5.41, 5.74) is 0.763. The molecule has 0 heterocycles. The standard InChI is InChI=1S/C25H49NO/c1-7-9-10-11-12-13-14-15-16-17-18-19-20-23(25(5,6)21-8-2)26-24(27)22(3)4/h23H,3,7-21H2,1-2,4-6H3,(H,26,27). The molecule has 2 heteroatoms. The van der Waals surface area contributed by atoms with E-state index in [2.05, 4.69) is 39.6 Å². The Balaban J connectivity index is 3.93. The van der Waals surface area contributed by atoms with Crippen molar-refractivity contribution in [3.8, 4) is 0 Å². The van der Waals surface area contributed by atoms with E-state index in [-0.39, 0.29) is 17.4 Å². The lowest BCUT2D eigenvalue weighted by atomic mass is 9.78. The molecule has 1 unspecified atom stereocenters. The number of hydrogen-bond acceptors (Lipinski definition) is 1. The largest absolute Gasteiger partial charge is 0.349 e. The quantitative estimate of drug-likeness (QED) is 0.190. The van der Waals surface area contributed by atoms with E-state index in [0.717, 1.165) is 19.3 Å². The molecule has 0 aliphatic heterocycles. The summed E-state index contributed by atoms with van der Waals surface area (Å²) in [5, 5.41) is 3.24. The van der Waals surface area contributed by atoms with Gasteiger partial charge in [-0.25, -0.2) is 0 Å². The Morgan fingerprint density at radius 1 is 0.815 bits per heavy atom. The van der Waals surface area contributed by atoms with Crippen LogP contribution in [0.15, 0.2) is 12.2 Å². The molecule has 0 rings (SSSR count). The number of carbonyl (C=O) groups excluding carboxylic acids is 1. The number of nitrogens with one attached hydrogen (secondary N) is 1. The molecule has 0 saturated carbocycles. The van der Waals surface area contributed by atoms with E-state index in [9.17, 15) is 4.79 Å². The van der Waals surface area contributed by atoms with Crippen molar-refractivity contribution in [1.82, 2.24) is 5.32 Å². The molecule has 1 amide bonds. The smallest absolute Gasteiger partial charge is 0.246 e. The van der Waals surface area contributed by atoms with E-state index in [1.807, 2.05) is 0 Å². The maximum Gasteiger partial charge on any atom is 0.246 e. The van der Waals surface area contributed by atoms with E-state index in [1.165, 1.54) is 77.0 Å². The van der Waals surface area contributed by atoms with Crippen LogP contribution in [0.1, 0.15) is 131 Å². The third-order valence-electron chi connectivity index (χ3n) is 5.88. The first-order chi connectivity index (χ1) is 12.8. The number of rotatable bonds is 18. The second-order valence-electron chi connectivity index (χ2n) is 9.22. The topological polar surface area (TPSA) is 29.1 Å². The van der Waals surface area contributed by atoms with Crippen molar-refractivity contribution < 1.29 is 4.79 Å². The van der Waals surface area contributed by atoms with E-state index in [0.29, 0.717) is 5.57 Å². The molecule has 27 heavy (non-hydrogen) atoms. The molecule has 0 aliphatic carbocycles. The lowest BCUT2D eigenvalue weighted by Crippen LogP contribution is -2.45. The molecule has 0 aromatic rings. The number of hydrogen-bond donors (Lipinski definition) is 1. The molecular formula is C25H49NO. The van der Waals surface area contributed by atoms with Crippen molar-refractivity contribution >= 4 is 5.91 Å². The maximum absolute atomic E-state index is 12.1. The molecule has 0 aromatic heterocycles. The zero-order chi connectivity index (χ0) is 20.5. The Kier molecular flexibility index (Phi) is 15.7. The van der Waals surface area contributed by atoms with Gasteiger partial charge in [0.05, 0.1) is 0 Å². The summed E-state index contributed by atoms with van der Waals surface area (Å²) in [4.78, 5) is 12.1. The minimum atomic E-state index is 0.0168. The predicted octanol–water partition coefficient (Wildman–Crippen LogP) is 7.96. The summed E-state index contributed by atoms with van der Waals surface area (Å²) in [7, 11) is 0. The summed E-state index contributed by atoms with van der Waals surface area (Å²) in [6, 6.07) is 0.254. The third kappa shape index (κ3) is 13.9. The van der Waals surface area contributed by atoms with Gasteiger partial charge in [-0.05, 0) is 25.2 Å². The Bertz CT molecular complexity index is 386. The summed E-state index contributed by atoms with van der Waals surface area (Å²) in [6.07, 6.45) is 19.9. The van der Waals surface area contributed by atoms with Crippen molar-refractivity contribution in [2.45, 2.75) is 137 Å². The number of amides is 1. The van der Waals surface area contributed by atoms with Crippen LogP contribution in [-0.4, -0.2) is 11.9 Å². The second kappa shape index (κ2) is 16.2. The molecule has 0 saturated heterocycles. The summed E-state index contributed by atoms with van der Waals surface area (Å²) in [5.74, 6) is 0.0168. The Hall–Kier alpha value is -0.790. The summed E-state index contributed by atoms with van der Waals surface area (Å²) < 4.78 is 0. The molecule has 2 nitrogen and oxygen atoms in total. The van der Waals surface area contributed by atoms with Crippen molar-refractivity contribution in [1.29, 1.82) is 0 Å².